The molecule has 1 aromatic heterocycles. The molecule has 0 bridgehead atoms. The molecule has 1 aromatic carbocycles. The van der Waals surface area contributed by atoms with Crippen molar-refractivity contribution in [1.29, 1.82) is 0 Å². The van der Waals surface area contributed by atoms with Gasteiger partial charge in [0.25, 0.3) is 0 Å². The van der Waals surface area contributed by atoms with E-state index in [0.717, 1.165) is 17.0 Å². The summed E-state index contributed by atoms with van der Waals surface area (Å²) in [6.07, 6.45) is -5.02. The molecule has 7 nitrogen and oxygen atoms in total. The fourth-order valence-corrected chi connectivity index (χ4v) is 4.82. The third kappa shape index (κ3) is 3.16. The van der Waals surface area contributed by atoms with Gasteiger partial charge in [-0.25, -0.2) is 9.30 Å². The Bertz CT molecular complexity index is 1050. The predicted octanol–water partition coefficient (Wildman–Crippen LogP) is 3.04. The van der Waals surface area contributed by atoms with Crippen molar-refractivity contribution in [2.24, 2.45) is 4.99 Å². The van der Waals surface area contributed by atoms with Crippen LogP contribution in [0.25, 0.3) is 0 Å². The fraction of sp³-hybridized carbons (Fsp3) is 0.294. The molecule has 2 aliphatic rings. The van der Waals surface area contributed by atoms with Crippen molar-refractivity contribution in [2.45, 2.75) is 25.2 Å². The minimum atomic E-state index is -5.10. The van der Waals surface area contributed by atoms with Crippen LogP contribution >= 0.6 is 11.3 Å². The molecular weight excluding hydrogens is 431 g/mol. The predicted molar refractivity (Wildman–Crippen MR) is 101 cm³/mol. The number of nitrogens with zero attached hydrogens (tertiary/aromatic N) is 3. The molecule has 12 heteroatoms. The lowest BCUT2D eigenvalue weighted by molar-refractivity contribution is -0.115. The number of anilines is 2. The van der Waals surface area contributed by atoms with E-state index in [2.05, 4.69) is 4.99 Å². The number of amidine groups is 1. The van der Waals surface area contributed by atoms with Crippen molar-refractivity contribution in [3.63, 3.8) is 0 Å². The number of fused-ring (bicyclic) bond motifs is 2. The molecule has 2 atom stereocenters. The molecule has 3 heterocycles. The Hall–Kier alpha value is -2.28. The highest BCUT2D eigenvalue weighted by molar-refractivity contribution is 7.80. The number of halogens is 3. The maximum atomic E-state index is 12.9. The summed E-state index contributed by atoms with van der Waals surface area (Å²) in [6.45, 7) is 2.05. The Morgan fingerprint density at radius 1 is 1.34 bits per heavy atom. The Morgan fingerprint density at radius 3 is 2.59 bits per heavy atom. The quantitative estimate of drug-likeness (QED) is 0.580. The number of Topliss-reactive ketones (excluding diaryl/α,β-unsaturated/α-hetero) is 1. The molecular formula is C17H13F3N3O4S2-. The summed E-state index contributed by atoms with van der Waals surface area (Å²) in [4.78, 5) is 19.6. The average molecular weight is 444 g/mol. The van der Waals surface area contributed by atoms with Gasteiger partial charge in [-0.1, -0.05) is 0 Å². The molecule has 0 amide bonds. The van der Waals surface area contributed by atoms with Crippen molar-refractivity contribution in [3.8, 4) is 0 Å². The minimum Gasteiger partial charge on any atom is -0.755 e. The Kier molecular flexibility index (Phi) is 4.57. The van der Waals surface area contributed by atoms with Crippen LogP contribution in [0.5, 0.6) is 0 Å². The van der Waals surface area contributed by atoms with Gasteiger partial charge in [0.1, 0.15) is 5.00 Å². The second-order valence-electron chi connectivity index (χ2n) is 6.60. The topological polar surface area (TPSA) is 96.3 Å². The number of carbonyl (C=O) groups excluding carboxylic acids is 1. The molecule has 0 saturated carbocycles. The van der Waals surface area contributed by atoms with Crippen LogP contribution in [0.3, 0.4) is 0 Å². The van der Waals surface area contributed by atoms with Crippen LogP contribution in [0.2, 0.25) is 0 Å². The first-order chi connectivity index (χ1) is 13.5. The SMILES string of the molecule is Cc1cc2c(s1)N=C1N(c3ccc(N(S(=O)[O-])C(F)(F)F)cc3)CCC1(O)C2=O. The van der Waals surface area contributed by atoms with Crippen LogP contribution in [0.4, 0.5) is 29.5 Å². The van der Waals surface area contributed by atoms with E-state index in [1.54, 1.807) is 11.0 Å². The molecule has 0 radical (unpaired) electrons. The number of ketones is 1. The summed E-state index contributed by atoms with van der Waals surface area (Å²) < 4.78 is 60.1. The molecule has 154 valence electrons. The van der Waals surface area contributed by atoms with E-state index in [-0.39, 0.29) is 18.8 Å². The van der Waals surface area contributed by atoms with Crippen LogP contribution < -0.4 is 9.21 Å². The zero-order valence-corrected chi connectivity index (χ0v) is 16.4. The van der Waals surface area contributed by atoms with Gasteiger partial charge in [0, 0.05) is 23.5 Å². The number of aliphatic imine (C=N–C) groups is 1. The molecule has 2 aromatic rings. The summed E-state index contributed by atoms with van der Waals surface area (Å²) in [5, 5.41) is 11.4. The maximum Gasteiger partial charge on any atom is 0.495 e. The number of hydrogen-bond donors (Lipinski definition) is 1. The van der Waals surface area contributed by atoms with E-state index in [0.29, 0.717) is 16.3 Å². The molecule has 29 heavy (non-hydrogen) atoms. The van der Waals surface area contributed by atoms with E-state index >= 15 is 0 Å². The number of hydrogen-bond acceptors (Lipinski definition) is 7. The van der Waals surface area contributed by atoms with Gasteiger partial charge in [-0.2, -0.15) is 0 Å². The lowest BCUT2D eigenvalue weighted by Crippen LogP contribution is -2.48. The molecule has 4 rings (SSSR count). The van der Waals surface area contributed by atoms with E-state index < -0.39 is 38.9 Å². The lowest BCUT2D eigenvalue weighted by atomic mass is 9.90. The number of aliphatic hydroxyl groups is 1. The first kappa shape index (κ1) is 20.0. The molecule has 1 fully saturated rings. The summed E-state index contributed by atoms with van der Waals surface area (Å²) in [5.41, 5.74) is -1.64. The summed E-state index contributed by atoms with van der Waals surface area (Å²) >= 11 is -2.23. The summed E-state index contributed by atoms with van der Waals surface area (Å²) in [6, 6.07) is 6.25. The Morgan fingerprint density at radius 2 is 2.00 bits per heavy atom. The minimum absolute atomic E-state index is 0.0833. The van der Waals surface area contributed by atoms with Gasteiger partial charge in [0.2, 0.25) is 5.78 Å². The van der Waals surface area contributed by atoms with Gasteiger partial charge in [-0.05, 0) is 37.3 Å². The van der Waals surface area contributed by atoms with Crippen molar-refractivity contribution in [2.75, 3.05) is 15.7 Å². The fourth-order valence-electron chi connectivity index (χ4n) is 3.49. The van der Waals surface area contributed by atoms with Crippen LogP contribution in [0.1, 0.15) is 21.7 Å². The number of aryl methyl sites for hydroxylation is 1. The number of carbonyl (C=O) groups is 1. The summed E-state index contributed by atoms with van der Waals surface area (Å²) in [5.74, 6) is -0.337. The highest BCUT2D eigenvalue weighted by Gasteiger charge is 2.52. The van der Waals surface area contributed by atoms with Gasteiger partial charge in [0.05, 0.1) is 22.5 Å². The third-order valence-electron chi connectivity index (χ3n) is 4.76. The zero-order valence-electron chi connectivity index (χ0n) is 14.8. The first-order valence-electron chi connectivity index (χ1n) is 8.33. The van der Waals surface area contributed by atoms with Crippen molar-refractivity contribution in [3.05, 3.63) is 40.8 Å². The normalized spacial score (nSPS) is 22.2. The number of rotatable bonds is 3. The van der Waals surface area contributed by atoms with Gasteiger partial charge in [-0.3, -0.25) is 9.00 Å². The van der Waals surface area contributed by atoms with Gasteiger partial charge >= 0.3 is 6.30 Å². The van der Waals surface area contributed by atoms with Gasteiger partial charge < -0.3 is 14.6 Å². The highest BCUT2D eigenvalue weighted by Crippen LogP contribution is 2.43. The van der Waals surface area contributed by atoms with Crippen LogP contribution in [0.15, 0.2) is 35.3 Å². The highest BCUT2D eigenvalue weighted by atomic mass is 32.2. The zero-order chi connectivity index (χ0) is 21.1. The molecule has 1 saturated heterocycles. The van der Waals surface area contributed by atoms with Crippen molar-refractivity contribution < 1.29 is 31.8 Å². The standard InChI is InChI=1S/C17H14F3N3O4S2/c1-9-8-12-13(24)16(25)6-7-22(15(16)21-14(12)28-9)10-2-4-11(5-3-10)23(29(26)27)17(18,19)20/h2-5,8,25H,6-7H2,1H3,(H,26,27)/p-1. The molecule has 0 aliphatic carbocycles. The largest absolute Gasteiger partial charge is 0.755 e. The van der Waals surface area contributed by atoms with Crippen molar-refractivity contribution >= 4 is 50.6 Å². The van der Waals surface area contributed by atoms with E-state index in [4.69, 9.17) is 0 Å². The van der Waals surface area contributed by atoms with Crippen LogP contribution in [0, 0.1) is 6.92 Å². The molecule has 1 N–H and O–H groups in total. The van der Waals surface area contributed by atoms with E-state index in [9.17, 15) is 31.8 Å². The van der Waals surface area contributed by atoms with Gasteiger partial charge in [-0.15, -0.1) is 24.5 Å². The van der Waals surface area contributed by atoms with E-state index in [1.165, 1.54) is 23.5 Å². The van der Waals surface area contributed by atoms with Crippen molar-refractivity contribution in [1.82, 2.24) is 0 Å². The molecule has 0 spiro atoms. The Labute approximate surface area is 169 Å². The average Bonchev–Trinajstić information content (AvgIpc) is 3.15. The second-order valence-corrected chi connectivity index (χ2v) is 8.63. The van der Waals surface area contributed by atoms with Gasteiger partial charge in [0.15, 0.2) is 11.4 Å². The van der Waals surface area contributed by atoms with Crippen LogP contribution in [-0.2, 0) is 11.3 Å². The first-order valence-corrected chi connectivity index (χ1v) is 10.2. The number of alkyl halides is 3. The Balaban J connectivity index is 1.71. The third-order valence-corrected chi connectivity index (χ3v) is 6.42. The second kappa shape index (κ2) is 6.62. The van der Waals surface area contributed by atoms with E-state index in [1.807, 2.05) is 6.92 Å². The summed E-state index contributed by atoms with van der Waals surface area (Å²) in [7, 11) is 0. The number of thiophene rings is 1. The monoisotopic (exact) mass is 444 g/mol. The molecule has 2 unspecified atom stereocenters. The van der Waals surface area contributed by atoms with Crippen LogP contribution in [-0.4, -0.2) is 43.9 Å². The molecule has 2 aliphatic heterocycles. The lowest BCUT2D eigenvalue weighted by Gasteiger charge is -2.30. The smallest absolute Gasteiger partial charge is 0.495 e. The maximum absolute atomic E-state index is 12.9. The number of benzene rings is 1.